The number of carbonyl (C=O) groups excluding carboxylic acids is 1. The lowest BCUT2D eigenvalue weighted by Gasteiger charge is -2.41. The van der Waals surface area contributed by atoms with E-state index in [1.807, 2.05) is 6.26 Å². The second-order valence-electron chi connectivity index (χ2n) is 4.43. The van der Waals surface area contributed by atoms with Gasteiger partial charge in [-0.2, -0.15) is 11.8 Å². The Hall–Kier alpha value is -0.910. The van der Waals surface area contributed by atoms with Gasteiger partial charge in [0.2, 0.25) is 0 Å². The summed E-state index contributed by atoms with van der Waals surface area (Å²) in [5.74, 6) is 0.160. The molecule has 0 spiro atoms. The summed E-state index contributed by atoms with van der Waals surface area (Å²) < 4.78 is 0. The van der Waals surface area contributed by atoms with Crippen molar-refractivity contribution in [2.24, 2.45) is 0 Å². The number of amides is 2. The Bertz CT molecular complexity index is 280. The zero-order valence-electron chi connectivity index (χ0n) is 10.1. The molecule has 0 aromatic carbocycles. The highest BCUT2D eigenvalue weighted by Crippen LogP contribution is 2.34. The van der Waals surface area contributed by atoms with Crippen LogP contribution in [0.5, 0.6) is 0 Å². The average molecular weight is 260 g/mol. The first-order chi connectivity index (χ1) is 8.08. The number of carboxylic acid groups (broad SMARTS) is 1. The summed E-state index contributed by atoms with van der Waals surface area (Å²) in [6.07, 6.45) is 5.48. The molecule has 6 heteroatoms. The van der Waals surface area contributed by atoms with Crippen LogP contribution in [0.2, 0.25) is 0 Å². The van der Waals surface area contributed by atoms with Gasteiger partial charge in [-0.05, 0) is 37.7 Å². The topological polar surface area (TPSA) is 78.4 Å². The highest BCUT2D eigenvalue weighted by atomic mass is 32.2. The van der Waals surface area contributed by atoms with Crippen molar-refractivity contribution in [3.05, 3.63) is 0 Å². The molecule has 0 aromatic rings. The molecular weight excluding hydrogens is 240 g/mol. The molecule has 5 nitrogen and oxygen atoms in total. The number of rotatable bonds is 7. The molecule has 3 N–H and O–H groups in total. The van der Waals surface area contributed by atoms with Crippen molar-refractivity contribution < 1.29 is 14.7 Å². The lowest BCUT2D eigenvalue weighted by Crippen LogP contribution is -2.57. The molecule has 2 amide bonds. The van der Waals surface area contributed by atoms with Crippen molar-refractivity contribution in [2.45, 2.75) is 37.6 Å². The smallest absolute Gasteiger partial charge is 0.315 e. The molecule has 0 bridgehead atoms. The summed E-state index contributed by atoms with van der Waals surface area (Å²) >= 11 is 1.74. The standard InChI is InChI=1S/C11H20N2O3S/c1-17-7-3-6-12-10(16)13-11(4-2-5-11)8-9(14)15/h2-8H2,1H3,(H,14,15)(H2,12,13,16). The molecular formula is C11H20N2O3S. The van der Waals surface area contributed by atoms with E-state index in [9.17, 15) is 9.59 Å². The summed E-state index contributed by atoms with van der Waals surface area (Å²) in [5, 5.41) is 14.4. The van der Waals surface area contributed by atoms with Crippen LogP contribution in [-0.2, 0) is 4.79 Å². The Kier molecular flexibility index (Phi) is 5.61. The van der Waals surface area contributed by atoms with Gasteiger partial charge in [-0.3, -0.25) is 4.79 Å². The molecule has 1 fully saturated rings. The minimum absolute atomic E-state index is 0.0191. The number of nitrogens with one attached hydrogen (secondary N) is 2. The van der Waals surface area contributed by atoms with Crippen LogP contribution < -0.4 is 10.6 Å². The maximum atomic E-state index is 11.6. The van der Waals surface area contributed by atoms with Gasteiger partial charge in [0.05, 0.1) is 12.0 Å². The number of thioether (sulfide) groups is 1. The van der Waals surface area contributed by atoms with Crippen LogP contribution >= 0.6 is 11.8 Å². The van der Waals surface area contributed by atoms with E-state index in [2.05, 4.69) is 10.6 Å². The van der Waals surface area contributed by atoms with Crippen molar-refractivity contribution in [2.75, 3.05) is 18.6 Å². The van der Waals surface area contributed by atoms with E-state index >= 15 is 0 Å². The maximum absolute atomic E-state index is 11.6. The summed E-state index contributed by atoms with van der Waals surface area (Å²) in [6.45, 7) is 0.635. The van der Waals surface area contributed by atoms with E-state index in [1.165, 1.54) is 0 Å². The molecule has 1 aliphatic rings. The Morgan fingerprint density at radius 3 is 2.59 bits per heavy atom. The predicted molar refractivity (Wildman–Crippen MR) is 68.4 cm³/mol. The van der Waals surface area contributed by atoms with Gasteiger partial charge in [0.25, 0.3) is 0 Å². The van der Waals surface area contributed by atoms with E-state index in [4.69, 9.17) is 5.11 Å². The fourth-order valence-corrected chi connectivity index (χ4v) is 2.38. The first-order valence-electron chi connectivity index (χ1n) is 5.85. The Morgan fingerprint density at radius 1 is 1.41 bits per heavy atom. The quantitative estimate of drug-likeness (QED) is 0.605. The molecule has 0 radical (unpaired) electrons. The van der Waals surface area contributed by atoms with Gasteiger partial charge in [-0.1, -0.05) is 0 Å². The number of carbonyl (C=O) groups is 2. The van der Waals surface area contributed by atoms with Crippen LogP contribution in [0.3, 0.4) is 0 Å². The summed E-state index contributed by atoms with van der Waals surface area (Å²) in [6, 6.07) is -0.243. The fourth-order valence-electron chi connectivity index (χ4n) is 1.94. The van der Waals surface area contributed by atoms with E-state index in [-0.39, 0.29) is 12.5 Å². The van der Waals surface area contributed by atoms with Gasteiger partial charge >= 0.3 is 12.0 Å². The Morgan fingerprint density at radius 2 is 2.12 bits per heavy atom. The number of aliphatic carboxylic acids is 1. The summed E-state index contributed by atoms with van der Waals surface area (Å²) in [4.78, 5) is 22.3. The number of hydrogen-bond acceptors (Lipinski definition) is 3. The molecule has 1 rings (SSSR count). The number of urea groups is 1. The van der Waals surface area contributed by atoms with Crippen LogP contribution in [0.4, 0.5) is 4.79 Å². The highest BCUT2D eigenvalue weighted by Gasteiger charge is 2.40. The molecule has 98 valence electrons. The van der Waals surface area contributed by atoms with Crippen molar-refractivity contribution in [1.82, 2.24) is 10.6 Å². The minimum atomic E-state index is -0.854. The molecule has 1 saturated carbocycles. The largest absolute Gasteiger partial charge is 0.481 e. The lowest BCUT2D eigenvalue weighted by atomic mass is 9.74. The summed E-state index contributed by atoms with van der Waals surface area (Å²) in [5.41, 5.74) is -0.505. The van der Waals surface area contributed by atoms with E-state index in [0.29, 0.717) is 6.54 Å². The highest BCUT2D eigenvalue weighted by molar-refractivity contribution is 7.98. The van der Waals surface area contributed by atoms with Crippen LogP contribution in [0.25, 0.3) is 0 Å². The SMILES string of the molecule is CSCCCNC(=O)NC1(CC(=O)O)CCC1. The van der Waals surface area contributed by atoms with Crippen LogP contribution in [-0.4, -0.2) is 41.2 Å². The van der Waals surface area contributed by atoms with Gasteiger partial charge in [-0.15, -0.1) is 0 Å². The molecule has 0 atom stereocenters. The Balaban J connectivity index is 2.25. The van der Waals surface area contributed by atoms with Gasteiger partial charge in [0.15, 0.2) is 0 Å². The van der Waals surface area contributed by atoms with Crippen molar-refractivity contribution in [3.8, 4) is 0 Å². The molecule has 0 saturated heterocycles. The molecule has 0 aromatic heterocycles. The average Bonchev–Trinajstić information content (AvgIpc) is 2.20. The molecule has 17 heavy (non-hydrogen) atoms. The van der Waals surface area contributed by atoms with Crippen LogP contribution in [0.15, 0.2) is 0 Å². The van der Waals surface area contributed by atoms with E-state index in [0.717, 1.165) is 31.4 Å². The molecule has 0 heterocycles. The normalized spacial score (nSPS) is 17.0. The molecule has 0 aliphatic heterocycles. The molecule has 0 unspecified atom stereocenters. The van der Waals surface area contributed by atoms with Gasteiger partial charge < -0.3 is 15.7 Å². The minimum Gasteiger partial charge on any atom is -0.481 e. The monoisotopic (exact) mass is 260 g/mol. The predicted octanol–water partition coefficient (Wildman–Crippen LogP) is 1.44. The lowest BCUT2D eigenvalue weighted by molar-refractivity contribution is -0.139. The second-order valence-corrected chi connectivity index (χ2v) is 5.42. The number of carboxylic acids is 1. The first kappa shape index (κ1) is 14.2. The molecule has 1 aliphatic carbocycles. The number of hydrogen-bond donors (Lipinski definition) is 3. The van der Waals surface area contributed by atoms with Crippen molar-refractivity contribution in [1.29, 1.82) is 0 Å². The zero-order chi connectivity index (χ0) is 12.7. The zero-order valence-corrected chi connectivity index (χ0v) is 10.9. The van der Waals surface area contributed by atoms with Crippen LogP contribution in [0, 0.1) is 0 Å². The van der Waals surface area contributed by atoms with Gasteiger partial charge in [0.1, 0.15) is 0 Å². The van der Waals surface area contributed by atoms with Gasteiger partial charge in [0, 0.05) is 6.54 Å². The summed E-state index contributed by atoms with van der Waals surface area (Å²) in [7, 11) is 0. The van der Waals surface area contributed by atoms with Gasteiger partial charge in [-0.25, -0.2) is 4.79 Å². The first-order valence-corrected chi connectivity index (χ1v) is 7.24. The van der Waals surface area contributed by atoms with E-state index < -0.39 is 11.5 Å². The van der Waals surface area contributed by atoms with Crippen molar-refractivity contribution >= 4 is 23.8 Å². The maximum Gasteiger partial charge on any atom is 0.315 e. The van der Waals surface area contributed by atoms with E-state index in [1.54, 1.807) is 11.8 Å². The third kappa shape index (κ3) is 4.85. The van der Waals surface area contributed by atoms with Crippen LogP contribution in [0.1, 0.15) is 32.1 Å². The third-order valence-electron chi connectivity index (χ3n) is 2.99. The second kappa shape index (κ2) is 6.74. The fraction of sp³-hybridized carbons (Fsp3) is 0.818. The Labute approximate surface area is 106 Å². The third-order valence-corrected chi connectivity index (χ3v) is 3.69. The van der Waals surface area contributed by atoms with Crippen molar-refractivity contribution in [3.63, 3.8) is 0 Å².